The molecule has 0 bridgehead atoms. The van der Waals surface area contributed by atoms with Crippen LogP contribution in [-0.2, 0) is 6.42 Å². The van der Waals surface area contributed by atoms with Crippen LogP contribution in [0.1, 0.15) is 18.0 Å². The summed E-state index contributed by atoms with van der Waals surface area (Å²) < 4.78 is 12.9. The van der Waals surface area contributed by atoms with E-state index in [0.717, 1.165) is 28.6 Å². The van der Waals surface area contributed by atoms with Gasteiger partial charge in [-0.05, 0) is 37.6 Å². The van der Waals surface area contributed by atoms with Crippen molar-refractivity contribution >= 4 is 0 Å². The lowest BCUT2D eigenvalue weighted by Crippen LogP contribution is -1.95. The monoisotopic (exact) mass is 313 g/mol. The number of hydrogen-bond donors (Lipinski definition) is 1. The van der Waals surface area contributed by atoms with E-state index in [2.05, 4.69) is 9.97 Å². The molecule has 2 heterocycles. The van der Waals surface area contributed by atoms with Crippen LogP contribution in [0.5, 0.6) is 5.75 Å². The lowest BCUT2D eigenvalue weighted by Gasteiger charge is -2.02. The zero-order valence-corrected chi connectivity index (χ0v) is 13.2. The molecule has 0 amide bonds. The number of rotatable bonds is 6. The van der Waals surface area contributed by atoms with Gasteiger partial charge >= 0.3 is 6.01 Å². The molecule has 0 aliphatic carbocycles. The normalized spacial score (nSPS) is 10.9. The third kappa shape index (κ3) is 3.12. The van der Waals surface area contributed by atoms with Crippen molar-refractivity contribution in [2.75, 3.05) is 13.7 Å². The van der Waals surface area contributed by atoms with Crippen molar-refractivity contribution < 1.29 is 14.3 Å². The van der Waals surface area contributed by atoms with Gasteiger partial charge < -0.3 is 14.3 Å². The molecule has 0 spiro atoms. The fourth-order valence-electron chi connectivity index (χ4n) is 2.41. The van der Waals surface area contributed by atoms with Crippen LogP contribution in [0.25, 0.3) is 17.3 Å². The fraction of sp³-hybridized carbons (Fsp3) is 0.294. The maximum Gasteiger partial charge on any atom is 0.307 e. The van der Waals surface area contributed by atoms with Gasteiger partial charge in [-0.1, -0.05) is 0 Å². The lowest BCUT2D eigenvalue weighted by atomic mass is 10.1. The summed E-state index contributed by atoms with van der Waals surface area (Å²) in [6, 6.07) is 8.16. The topological polar surface area (TPSA) is 73.3 Å². The Morgan fingerprint density at radius 3 is 2.65 bits per heavy atom. The van der Waals surface area contributed by atoms with Crippen molar-refractivity contribution in [2.45, 2.75) is 19.8 Å². The molecule has 3 aromatic rings. The third-order valence-electron chi connectivity index (χ3n) is 3.64. The van der Waals surface area contributed by atoms with Crippen molar-refractivity contribution in [1.29, 1.82) is 0 Å². The highest BCUT2D eigenvalue weighted by molar-refractivity contribution is 5.63. The number of benzene rings is 1. The van der Waals surface area contributed by atoms with E-state index in [9.17, 15) is 0 Å². The third-order valence-corrected chi connectivity index (χ3v) is 3.64. The van der Waals surface area contributed by atoms with Crippen LogP contribution in [0.2, 0.25) is 0 Å². The van der Waals surface area contributed by atoms with Crippen LogP contribution in [0.4, 0.5) is 0 Å². The number of aromatic nitrogens is 3. The minimum atomic E-state index is 0.113. The molecule has 0 aliphatic rings. The van der Waals surface area contributed by atoms with Gasteiger partial charge in [0, 0.05) is 31.0 Å². The van der Waals surface area contributed by atoms with E-state index in [4.69, 9.17) is 14.3 Å². The van der Waals surface area contributed by atoms with Crippen molar-refractivity contribution in [2.24, 2.45) is 0 Å². The van der Waals surface area contributed by atoms with Crippen LogP contribution in [-0.4, -0.2) is 33.4 Å². The first-order chi connectivity index (χ1) is 11.2. The maximum absolute atomic E-state index is 9.10. The molecule has 1 aromatic carbocycles. The van der Waals surface area contributed by atoms with E-state index in [0.29, 0.717) is 18.9 Å². The summed E-state index contributed by atoms with van der Waals surface area (Å²) in [4.78, 5) is 8.82. The first kappa shape index (κ1) is 15.3. The minimum Gasteiger partial charge on any atom is -0.497 e. The van der Waals surface area contributed by atoms with Crippen LogP contribution in [0.3, 0.4) is 0 Å². The molecule has 0 aliphatic heterocycles. The van der Waals surface area contributed by atoms with Crippen LogP contribution in [0.15, 0.2) is 41.1 Å². The largest absolute Gasteiger partial charge is 0.497 e. The Bertz CT molecular complexity index is 775. The van der Waals surface area contributed by atoms with Gasteiger partial charge in [0.2, 0.25) is 0 Å². The zero-order chi connectivity index (χ0) is 16.2. The minimum absolute atomic E-state index is 0.113. The Balaban J connectivity index is 2.02. The molecule has 120 valence electrons. The Labute approximate surface area is 134 Å². The summed E-state index contributed by atoms with van der Waals surface area (Å²) >= 11 is 0. The summed E-state index contributed by atoms with van der Waals surface area (Å²) in [6.07, 6.45) is 4.77. The summed E-state index contributed by atoms with van der Waals surface area (Å²) in [5.74, 6) is 2.35. The molecule has 0 unspecified atom stereocenters. The first-order valence-electron chi connectivity index (χ1n) is 7.48. The van der Waals surface area contributed by atoms with Crippen molar-refractivity contribution in [3.05, 3.63) is 48.2 Å². The number of imidazole rings is 1. The van der Waals surface area contributed by atoms with Crippen molar-refractivity contribution in [3.63, 3.8) is 0 Å². The van der Waals surface area contributed by atoms with Crippen LogP contribution >= 0.6 is 0 Å². The van der Waals surface area contributed by atoms with E-state index in [1.807, 2.05) is 37.4 Å². The second-order valence-electron chi connectivity index (χ2n) is 5.17. The molecule has 23 heavy (non-hydrogen) atoms. The Kier molecular flexibility index (Phi) is 4.43. The van der Waals surface area contributed by atoms with E-state index in [-0.39, 0.29) is 6.61 Å². The van der Waals surface area contributed by atoms with E-state index in [1.165, 1.54) is 0 Å². The van der Waals surface area contributed by atoms with Crippen LogP contribution < -0.4 is 4.74 Å². The van der Waals surface area contributed by atoms with Gasteiger partial charge in [-0.2, -0.15) is 4.98 Å². The summed E-state index contributed by atoms with van der Waals surface area (Å²) in [6.45, 7) is 2.01. The summed E-state index contributed by atoms with van der Waals surface area (Å²) in [7, 11) is 1.64. The number of hydrogen-bond acceptors (Lipinski definition) is 5. The SMILES string of the molecule is COc1ccc(-c2nc(-n3ccnc3C)oc2CCCO)cc1. The van der Waals surface area contributed by atoms with Crippen molar-refractivity contribution in [3.8, 4) is 23.0 Å². The van der Waals surface area contributed by atoms with Gasteiger partial charge in [-0.25, -0.2) is 4.98 Å². The molecule has 2 aromatic heterocycles. The highest BCUT2D eigenvalue weighted by atomic mass is 16.5. The quantitative estimate of drug-likeness (QED) is 0.757. The van der Waals surface area contributed by atoms with E-state index >= 15 is 0 Å². The van der Waals surface area contributed by atoms with E-state index < -0.39 is 0 Å². The van der Waals surface area contributed by atoms with Gasteiger partial charge in [0.1, 0.15) is 23.0 Å². The average Bonchev–Trinajstić information content (AvgIpc) is 3.19. The number of methoxy groups -OCH3 is 1. The first-order valence-corrected chi connectivity index (χ1v) is 7.48. The maximum atomic E-state index is 9.10. The molecule has 0 radical (unpaired) electrons. The highest BCUT2D eigenvalue weighted by Crippen LogP contribution is 2.28. The van der Waals surface area contributed by atoms with Crippen molar-refractivity contribution in [1.82, 2.24) is 14.5 Å². The van der Waals surface area contributed by atoms with Gasteiger partial charge in [-0.15, -0.1) is 0 Å². The predicted octanol–water partition coefficient (Wildman–Crippen LogP) is 2.77. The number of aryl methyl sites for hydroxylation is 2. The smallest absolute Gasteiger partial charge is 0.307 e. The second kappa shape index (κ2) is 6.66. The number of nitrogens with zero attached hydrogens (tertiary/aromatic N) is 3. The number of aliphatic hydroxyl groups is 1. The van der Waals surface area contributed by atoms with E-state index in [1.54, 1.807) is 17.9 Å². The molecule has 3 rings (SSSR count). The molecule has 1 N–H and O–H groups in total. The molecular formula is C17H19N3O3. The predicted molar refractivity (Wildman–Crippen MR) is 85.8 cm³/mol. The molecule has 6 nitrogen and oxygen atoms in total. The Hall–Kier alpha value is -2.60. The number of aliphatic hydroxyl groups excluding tert-OH is 1. The molecule has 6 heteroatoms. The number of oxazole rings is 1. The molecule has 0 saturated carbocycles. The zero-order valence-electron chi connectivity index (χ0n) is 13.2. The molecule has 0 atom stereocenters. The van der Waals surface area contributed by atoms with Gasteiger partial charge in [0.05, 0.1) is 7.11 Å². The Morgan fingerprint density at radius 1 is 1.26 bits per heavy atom. The summed E-state index contributed by atoms with van der Waals surface area (Å²) in [5, 5.41) is 9.10. The average molecular weight is 313 g/mol. The highest BCUT2D eigenvalue weighted by Gasteiger charge is 2.17. The second-order valence-corrected chi connectivity index (χ2v) is 5.17. The fourth-order valence-corrected chi connectivity index (χ4v) is 2.41. The van der Waals surface area contributed by atoms with Gasteiger partial charge in [-0.3, -0.25) is 4.57 Å². The van der Waals surface area contributed by atoms with Gasteiger partial charge in [0.15, 0.2) is 0 Å². The van der Waals surface area contributed by atoms with Gasteiger partial charge in [0.25, 0.3) is 0 Å². The molecule has 0 saturated heterocycles. The standard InChI is InChI=1S/C17H19N3O3/c1-12-18-9-10-20(12)17-19-16(15(23-17)4-3-11-21)13-5-7-14(22-2)8-6-13/h5-10,21H,3-4,11H2,1-2H3. The lowest BCUT2D eigenvalue weighted by molar-refractivity contribution is 0.284. The Morgan fingerprint density at radius 2 is 2.04 bits per heavy atom. The van der Waals surface area contributed by atoms with Crippen LogP contribution in [0, 0.1) is 6.92 Å². The summed E-state index contributed by atoms with van der Waals surface area (Å²) in [5.41, 5.74) is 1.73. The number of ether oxygens (including phenoxy) is 1. The molecule has 0 fully saturated rings. The molecular weight excluding hydrogens is 294 g/mol.